The van der Waals surface area contributed by atoms with Gasteiger partial charge in [0.15, 0.2) is 0 Å². The van der Waals surface area contributed by atoms with Gasteiger partial charge in [-0.05, 0) is 69.4 Å². The highest BCUT2D eigenvalue weighted by atomic mass is 35.5. The molecule has 30 heavy (non-hydrogen) atoms. The van der Waals surface area contributed by atoms with E-state index >= 15 is 0 Å². The van der Waals surface area contributed by atoms with Crippen LogP contribution in [0.2, 0.25) is 5.02 Å². The fourth-order valence-electron chi connectivity index (χ4n) is 3.00. The van der Waals surface area contributed by atoms with Crippen LogP contribution < -0.4 is 4.74 Å². The van der Waals surface area contributed by atoms with Crippen molar-refractivity contribution in [3.05, 3.63) is 47.0 Å². The van der Waals surface area contributed by atoms with Crippen LogP contribution in [0.25, 0.3) is 0 Å². The van der Waals surface area contributed by atoms with E-state index in [1.165, 1.54) is 0 Å². The van der Waals surface area contributed by atoms with Crippen molar-refractivity contribution in [2.24, 2.45) is 15.3 Å². The molecule has 7 heteroatoms. The minimum absolute atomic E-state index is 0.519. The van der Waals surface area contributed by atoms with E-state index in [0.29, 0.717) is 40.4 Å². The second-order valence-corrected chi connectivity index (χ2v) is 10.4. The third-order valence-corrected chi connectivity index (χ3v) is 7.93. The molecule has 0 heterocycles. The maximum absolute atomic E-state index is 13.5. The van der Waals surface area contributed by atoms with E-state index in [4.69, 9.17) is 16.3 Å². The summed E-state index contributed by atoms with van der Waals surface area (Å²) in [6, 6.07) is 11.2. The smallest absolute Gasteiger partial charge is 0.131 e. The highest BCUT2D eigenvalue weighted by Gasteiger charge is 2.28. The van der Waals surface area contributed by atoms with Gasteiger partial charge in [0.05, 0.1) is 31.7 Å². The molecule has 1 aliphatic rings. The van der Waals surface area contributed by atoms with Gasteiger partial charge in [0.25, 0.3) is 0 Å². The monoisotopic (exact) mass is 447 g/mol. The summed E-state index contributed by atoms with van der Waals surface area (Å²) in [5.41, 5.74) is 1.62. The maximum Gasteiger partial charge on any atom is 0.131 e. The van der Waals surface area contributed by atoms with E-state index in [1.54, 1.807) is 12.4 Å². The van der Waals surface area contributed by atoms with Gasteiger partial charge in [0.2, 0.25) is 0 Å². The Bertz CT molecular complexity index is 1040. The molecule has 2 aromatic rings. The summed E-state index contributed by atoms with van der Waals surface area (Å²) >= 11 is 6.43. The first-order valence-corrected chi connectivity index (χ1v) is 12.4. The van der Waals surface area contributed by atoms with Crippen LogP contribution >= 0.6 is 11.6 Å². The summed E-state index contributed by atoms with van der Waals surface area (Å²) in [5, 5.41) is 0.519. The van der Waals surface area contributed by atoms with Crippen LogP contribution in [0, 0.1) is 12.8 Å². The quantitative estimate of drug-likeness (QED) is 0.334. The Morgan fingerprint density at radius 2 is 2.03 bits per heavy atom. The van der Waals surface area contributed by atoms with Crippen molar-refractivity contribution in [3.8, 4) is 11.5 Å². The van der Waals surface area contributed by atoms with Crippen LogP contribution in [0.4, 0.5) is 5.69 Å². The normalized spacial score (nSPS) is 15.8. The van der Waals surface area contributed by atoms with Crippen molar-refractivity contribution in [2.75, 3.05) is 25.9 Å². The van der Waals surface area contributed by atoms with E-state index in [1.807, 2.05) is 56.1 Å². The molecule has 2 aromatic carbocycles. The van der Waals surface area contributed by atoms with Gasteiger partial charge in [-0.3, -0.25) is 0 Å². The number of ether oxygens (including phenoxy) is 1. The molecule has 0 bridgehead atoms. The SMILES string of the molecule is CCN=S(=O)(CC1CC1)c1cccc(Oc2cc(Cl)c(/N=C\N(C)CC)cc2C)c1. The topological polar surface area (TPSA) is 54.3 Å². The third-order valence-electron chi connectivity index (χ3n) is 5.03. The molecular formula is C23H30ClN3O2S. The molecule has 1 aliphatic carbocycles. The fourth-order valence-corrected chi connectivity index (χ4v) is 5.63. The number of benzene rings is 2. The Balaban J connectivity index is 1.85. The van der Waals surface area contributed by atoms with Crippen molar-refractivity contribution < 1.29 is 8.95 Å². The highest BCUT2D eigenvalue weighted by molar-refractivity contribution is 7.93. The zero-order valence-corrected chi connectivity index (χ0v) is 19.7. The van der Waals surface area contributed by atoms with Crippen molar-refractivity contribution in [3.63, 3.8) is 0 Å². The fraction of sp³-hybridized carbons (Fsp3) is 0.435. The highest BCUT2D eigenvalue weighted by Crippen LogP contribution is 2.37. The van der Waals surface area contributed by atoms with Crippen LogP contribution in [-0.2, 0) is 9.73 Å². The first-order valence-electron chi connectivity index (χ1n) is 10.4. The second kappa shape index (κ2) is 9.84. The van der Waals surface area contributed by atoms with E-state index in [9.17, 15) is 4.21 Å². The largest absolute Gasteiger partial charge is 0.457 e. The maximum atomic E-state index is 13.5. The average molecular weight is 448 g/mol. The Morgan fingerprint density at radius 3 is 2.70 bits per heavy atom. The minimum Gasteiger partial charge on any atom is -0.457 e. The van der Waals surface area contributed by atoms with Gasteiger partial charge in [-0.15, -0.1) is 0 Å². The third kappa shape index (κ3) is 5.76. The molecule has 5 nitrogen and oxygen atoms in total. The van der Waals surface area contributed by atoms with Crippen LogP contribution in [-0.4, -0.2) is 41.3 Å². The van der Waals surface area contributed by atoms with E-state index < -0.39 is 9.73 Å². The molecule has 1 fully saturated rings. The van der Waals surface area contributed by atoms with Gasteiger partial charge in [0, 0.05) is 32.0 Å². The number of aliphatic imine (C=N–C) groups is 1. The summed E-state index contributed by atoms with van der Waals surface area (Å²) in [7, 11) is -0.458. The lowest BCUT2D eigenvalue weighted by molar-refractivity contribution is 0.477. The average Bonchev–Trinajstić information content (AvgIpc) is 3.53. The Labute approximate surface area is 185 Å². The Morgan fingerprint density at radius 1 is 1.27 bits per heavy atom. The van der Waals surface area contributed by atoms with Crippen molar-refractivity contribution >= 4 is 33.4 Å². The predicted octanol–water partition coefficient (Wildman–Crippen LogP) is 6.31. The summed E-state index contributed by atoms with van der Waals surface area (Å²) in [5.74, 6) is 2.44. The summed E-state index contributed by atoms with van der Waals surface area (Å²) < 4.78 is 24.1. The van der Waals surface area contributed by atoms with Gasteiger partial charge in [-0.1, -0.05) is 17.7 Å². The molecule has 1 atom stereocenters. The van der Waals surface area contributed by atoms with Crippen LogP contribution in [0.15, 0.2) is 50.6 Å². The van der Waals surface area contributed by atoms with Crippen molar-refractivity contribution in [2.45, 2.75) is 38.5 Å². The molecule has 0 radical (unpaired) electrons. The molecular weight excluding hydrogens is 418 g/mol. The molecule has 0 spiro atoms. The molecule has 0 amide bonds. The lowest BCUT2D eigenvalue weighted by Crippen LogP contribution is -2.14. The molecule has 1 unspecified atom stereocenters. The molecule has 1 saturated carbocycles. The Hall–Kier alpha value is -2.05. The lowest BCUT2D eigenvalue weighted by Gasteiger charge is -2.14. The first-order chi connectivity index (χ1) is 14.3. The van der Waals surface area contributed by atoms with Gasteiger partial charge in [0.1, 0.15) is 11.5 Å². The summed E-state index contributed by atoms with van der Waals surface area (Å²) in [6.07, 6.45) is 4.05. The summed E-state index contributed by atoms with van der Waals surface area (Å²) in [6.45, 7) is 7.36. The molecule has 162 valence electrons. The zero-order valence-electron chi connectivity index (χ0n) is 18.1. The van der Waals surface area contributed by atoms with Crippen molar-refractivity contribution in [1.82, 2.24) is 4.90 Å². The number of rotatable bonds is 9. The molecule has 3 rings (SSSR count). The van der Waals surface area contributed by atoms with Crippen LogP contribution in [0.1, 0.15) is 32.3 Å². The number of hydrogen-bond donors (Lipinski definition) is 0. The first kappa shape index (κ1) is 22.6. The van der Waals surface area contributed by atoms with Crippen molar-refractivity contribution in [1.29, 1.82) is 0 Å². The lowest BCUT2D eigenvalue weighted by atomic mass is 10.2. The molecule has 0 N–H and O–H groups in total. The molecule has 0 aromatic heterocycles. The van der Waals surface area contributed by atoms with Gasteiger partial charge >= 0.3 is 0 Å². The number of aryl methyl sites for hydroxylation is 1. The van der Waals surface area contributed by atoms with Gasteiger partial charge in [-0.2, -0.15) is 0 Å². The second-order valence-electron chi connectivity index (χ2n) is 7.66. The van der Waals surface area contributed by atoms with E-state index in [2.05, 4.69) is 16.3 Å². The standard InChI is InChI=1S/C23H30ClN3O2S/c1-5-26-30(28,15-18-10-11-18)20-9-7-8-19(13-20)29-23-14-21(24)22(12-17(23)3)25-16-27(4)6-2/h7-9,12-14,16,18H,5-6,10-11,15H2,1-4H3/b25-16-. The number of nitrogens with zero attached hydrogens (tertiary/aromatic N) is 3. The molecule has 0 aliphatic heterocycles. The van der Waals surface area contributed by atoms with Crippen LogP contribution in [0.5, 0.6) is 11.5 Å². The van der Waals surface area contributed by atoms with Crippen LogP contribution in [0.3, 0.4) is 0 Å². The van der Waals surface area contributed by atoms with E-state index in [-0.39, 0.29) is 0 Å². The molecule has 0 saturated heterocycles. The summed E-state index contributed by atoms with van der Waals surface area (Å²) in [4.78, 5) is 7.16. The number of halogens is 1. The predicted molar refractivity (Wildman–Crippen MR) is 126 cm³/mol. The van der Waals surface area contributed by atoms with Gasteiger partial charge in [-0.25, -0.2) is 13.6 Å². The van der Waals surface area contributed by atoms with Gasteiger partial charge < -0.3 is 9.64 Å². The Kier molecular flexibility index (Phi) is 7.42. The van der Waals surface area contributed by atoms with E-state index in [0.717, 1.165) is 29.8 Å². The zero-order chi connectivity index (χ0) is 21.7. The minimum atomic E-state index is -2.42. The number of hydrogen-bond acceptors (Lipinski definition) is 4.